The molecular weight excluding hydrogens is 290 g/mol. The van der Waals surface area contributed by atoms with E-state index in [9.17, 15) is 0 Å². The molecule has 0 saturated carbocycles. The summed E-state index contributed by atoms with van der Waals surface area (Å²) in [5, 5.41) is 0. The molecule has 0 saturated heterocycles. The molecule has 0 aliphatic heterocycles. The van der Waals surface area contributed by atoms with E-state index in [1.54, 1.807) is 0 Å². The smallest absolute Gasteiger partial charge is 0.0270 e. The van der Waals surface area contributed by atoms with E-state index in [0.717, 1.165) is 0 Å². The van der Waals surface area contributed by atoms with E-state index < -0.39 is 0 Å². The van der Waals surface area contributed by atoms with Crippen molar-refractivity contribution in [2.45, 2.75) is 66.2 Å². The van der Waals surface area contributed by atoms with E-state index in [0.29, 0.717) is 17.3 Å². The highest BCUT2D eigenvalue weighted by molar-refractivity contribution is 5.24. The summed E-state index contributed by atoms with van der Waals surface area (Å²) in [5.41, 5.74) is 3.43. The van der Waals surface area contributed by atoms with Crippen LogP contribution in [0.5, 0.6) is 0 Å². The molecule has 1 heterocycles. The molecule has 1 heteroatoms. The maximum Gasteiger partial charge on any atom is 0.0270 e. The lowest BCUT2D eigenvalue weighted by Gasteiger charge is -2.36. The molecule has 0 radical (unpaired) electrons. The molecule has 0 aliphatic carbocycles. The van der Waals surface area contributed by atoms with E-state index >= 15 is 0 Å². The van der Waals surface area contributed by atoms with Crippen LogP contribution < -0.4 is 0 Å². The fourth-order valence-corrected chi connectivity index (χ4v) is 3.67. The molecular formula is C23H33N. The van der Waals surface area contributed by atoms with Crippen molar-refractivity contribution in [3.63, 3.8) is 0 Å². The molecule has 24 heavy (non-hydrogen) atoms. The number of nitrogens with zero attached hydrogens (tertiary/aromatic N) is 1. The molecule has 0 aliphatic rings. The zero-order chi connectivity index (χ0) is 17.8. The first-order valence-corrected chi connectivity index (χ1v) is 9.12. The molecule has 130 valence electrons. The zero-order valence-electron chi connectivity index (χ0n) is 16.2. The summed E-state index contributed by atoms with van der Waals surface area (Å²) in [5.74, 6) is 1.09. The lowest BCUT2D eigenvalue weighted by Crippen LogP contribution is -2.23. The molecule has 0 N–H and O–H groups in total. The standard InChI is InChI=1S/C23H33N/c1-22(2,3)17-20(18-12-14-24-15-13-18)16-21(23(4,5)6)19-10-8-7-9-11-19/h7-15,20-21H,16-17H2,1-6H3. The van der Waals surface area contributed by atoms with E-state index in [2.05, 4.69) is 89.0 Å². The largest absolute Gasteiger partial charge is 0.265 e. The predicted molar refractivity (Wildman–Crippen MR) is 104 cm³/mol. The van der Waals surface area contributed by atoms with Gasteiger partial charge >= 0.3 is 0 Å². The molecule has 1 aromatic heterocycles. The maximum atomic E-state index is 4.21. The van der Waals surface area contributed by atoms with Crippen molar-refractivity contribution < 1.29 is 0 Å². The van der Waals surface area contributed by atoms with Gasteiger partial charge in [-0.3, -0.25) is 4.98 Å². The Morgan fingerprint density at radius 3 is 1.88 bits per heavy atom. The van der Waals surface area contributed by atoms with Gasteiger partial charge in [0, 0.05) is 12.4 Å². The lowest BCUT2D eigenvalue weighted by atomic mass is 9.68. The van der Waals surface area contributed by atoms with Crippen LogP contribution in [0.2, 0.25) is 0 Å². The van der Waals surface area contributed by atoms with Gasteiger partial charge in [0.15, 0.2) is 0 Å². The van der Waals surface area contributed by atoms with Crippen molar-refractivity contribution in [2.24, 2.45) is 10.8 Å². The van der Waals surface area contributed by atoms with Gasteiger partial charge in [-0.25, -0.2) is 0 Å². The van der Waals surface area contributed by atoms with Crippen molar-refractivity contribution in [3.8, 4) is 0 Å². The second kappa shape index (κ2) is 7.51. The Morgan fingerprint density at radius 2 is 1.38 bits per heavy atom. The molecule has 0 amide bonds. The average Bonchev–Trinajstić information content (AvgIpc) is 2.51. The predicted octanol–water partition coefficient (Wildman–Crippen LogP) is 6.82. The fourth-order valence-electron chi connectivity index (χ4n) is 3.67. The molecule has 0 fully saturated rings. The summed E-state index contributed by atoms with van der Waals surface area (Å²) in [6.45, 7) is 14.1. The van der Waals surface area contributed by atoms with Crippen LogP contribution in [-0.2, 0) is 0 Å². The Morgan fingerprint density at radius 1 is 0.792 bits per heavy atom. The average molecular weight is 324 g/mol. The van der Waals surface area contributed by atoms with Gasteiger partial charge in [0.2, 0.25) is 0 Å². The second-order valence-electron chi connectivity index (χ2n) is 9.31. The summed E-state index contributed by atoms with van der Waals surface area (Å²) < 4.78 is 0. The first kappa shape index (κ1) is 18.7. The Hall–Kier alpha value is -1.63. The summed E-state index contributed by atoms with van der Waals surface area (Å²) in [4.78, 5) is 4.21. The van der Waals surface area contributed by atoms with Crippen LogP contribution in [0, 0.1) is 10.8 Å². The van der Waals surface area contributed by atoms with E-state index in [4.69, 9.17) is 0 Å². The van der Waals surface area contributed by atoms with Crippen LogP contribution in [0.4, 0.5) is 0 Å². The Balaban J connectivity index is 2.34. The molecule has 0 spiro atoms. The number of pyridine rings is 1. The zero-order valence-corrected chi connectivity index (χ0v) is 16.2. The van der Waals surface area contributed by atoms with E-state index in [-0.39, 0.29) is 5.41 Å². The normalized spacial score (nSPS) is 15.1. The Bertz CT molecular complexity index is 602. The van der Waals surface area contributed by atoms with Crippen LogP contribution in [0.1, 0.15) is 77.3 Å². The topological polar surface area (TPSA) is 12.9 Å². The van der Waals surface area contributed by atoms with Gasteiger partial charge in [0.1, 0.15) is 0 Å². The minimum absolute atomic E-state index is 0.241. The van der Waals surface area contributed by atoms with Crippen LogP contribution in [0.3, 0.4) is 0 Å². The quantitative estimate of drug-likeness (QED) is 0.588. The number of benzene rings is 1. The summed E-state index contributed by atoms with van der Waals surface area (Å²) >= 11 is 0. The van der Waals surface area contributed by atoms with E-state index in [1.807, 2.05) is 12.4 Å². The third-order valence-electron chi connectivity index (χ3n) is 4.80. The maximum absolute atomic E-state index is 4.21. The summed E-state index contributed by atoms with van der Waals surface area (Å²) in [6, 6.07) is 15.4. The van der Waals surface area contributed by atoms with Crippen molar-refractivity contribution in [2.75, 3.05) is 0 Å². The molecule has 2 aromatic rings. The lowest BCUT2D eigenvalue weighted by molar-refractivity contribution is 0.256. The van der Waals surface area contributed by atoms with Gasteiger partial charge in [0.25, 0.3) is 0 Å². The SMILES string of the molecule is CC(C)(C)CC(CC(c1ccccc1)C(C)(C)C)c1ccncc1. The highest BCUT2D eigenvalue weighted by Crippen LogP contribution is 2.45. The number of aromatic nitrogens is 1. The fraction of sp³-hybridized carbons (Fsp3) is 0.522. The third kappa shape index (κ3) is 5.47. The van der Waals surface area contributed by atoms with Gasteiger partial charge in [-0.2, -0.15) is 0 Å². The van der Waals surface area contributed by atoms with Crippen LogP contribution in [-0.4, -0.2) is 4.98 Å². The number of hydrogen-bond donors (Lipinski definition) is 0. The first-order chi connectivity index (χ1) is 11.2. The van der Waals surface area contributed by atoms with Gasteiger partial charge in [-0.1, -0.05) is 71.9 Å². The second-order valence-corrected chi connectivity index (χ2v) is 9.31. The minimum Gasteiger partial charge on any atom is -0.265 e. The number of rotatable bonds is 5. The van der Waals surface area contributed by atoms with Crippen molar-refractivity contribution in [3.05, 3.63) is 66.0 Å². The molecule has 1 aromatic carbocycles. The summed E-state index contributed by atoms with van der Waals surface area (Å²) in [7, 11) is 0. The number of hydrogen-bond acceptors (Lipinski definition) is 1. The van der Waals surface area contributed by atoms with Crippen LogP contribution >= 0.6 is 0 Å². The van der Waals surface area contributed by atoms with Crippen molar-refractivity contribution >= 4 is 0 Å². The van der Waals surface area contributed by atoms with Crippen molar-refractivity contribution in [1.82, 2.24) is 4.98 Å². The highest BCUT2D eigenvalue weighted by atomic mass is 14.6. The van der Waals surface area contributed by atoms with Crippen LogP contribution in [0.25, 0.3) is 0 Å². The highest BCUT2D eigenvalue weighted by Gasteiger charge is 2.31. The first-order valence-electron chi connectivity index (χ1n) is 9.12. The Labute approximate surface area is 148 Å². The van der Waals surface area contributed by atoms with Crippen molar-refractivity contribution in [1.29, 1.82) is 0 Å². The minimum atomic E-state index is 0.241. The van der Waals surface area contributed by atoms with Gasteiger partial charge in [-0.15, -0.1) is 0 Å². The van der Waals surface area contributed by atoms with E-state index in [1.165, 1.54) is 24.0 Å². The van der Waals surface area contributed by atoms with Gasteiger partial charge in [-0.05, 0) is 58.8 Å². The van der Waals surface area contributed by atoms with Gasteiger partial charge < -0.3 is 0 Å². The molecule has 2 rings (SSSR count). The third-order valence-corrected chi connectivity index (χ3v) is 4.80. The molecule has 2 unspecified atom stereocenters. The molecule has 1 nitrogen and oxygen atoms in total. The Kier molecular flexibility index (Phi) is 5.85. The summed E-state index contributed by atoms with van der Waals surface area (Å²) in [6.07, 6.45) is 6.23. The van der Waals surface area contributed by atoms with Crippen LogP contribution in [0.15, 0.2) is 54.9 Å². The van der Waals surface area contributed by atoms with Gasteiger partial charge in [0.05, 0.1) is 0 Å². The monoisotopic (exact) mass is 323 g/mol. The molecule has 2 atom stereocenters. The molecule has 0 bridgehead atoms.